The van der Waals surface area contributed by atoms with Gasteiger partial charge in [0.25, 0.3) is 0 Å². The molecule has 0 radical (unpaired) electrons. The number of unbranched alkanes of at least 4 members (excludes halogenated alkanes) is 1. The molecule has 6 nitrogen and oxygen atoms in total. The van der Waals surface area contributed by atoms with Crippen molar-refractivity contribution in [2.45, 2.75) is 37.8 Å². The highest BCUT2D eigenvalue weighted by molar-refractivity contribution is 6.64. The van der Waals surface area contributed by atoms with Gasteiger partial charge in [0.15, 0.2) is 0 Å². The van der Waals surface area contributed by atoms with Crippen molar-refractivity contribution in [2.75, 3.05) is 48.6 Å². The summed E-state index contributed by atoms with van der Waals surface area (Å²) in [5, 5.41) is 0. The zero-order valence-electron chi connectivity index (χ0n) is 14.1. The van der Waals surface area contributed by atoms with Crippen molar-refractivity contribution in [1.82, 2.24) is 4.57 Å². The summed E-state index contributed by atoms with van der Waals surface area (Å²) in [5.41, 5.74) is 0. The largest absolute Gasteiger partial charge is 0.500 e. The third kappa shape index (κ3) is 4.83. The van der Waals surface area contributed by atoms with Gasteiger partial charge in [-0.25, -0.2) is 0 Å². The summed E-state index contributed by atoms with van der Waals surface area (Å²) in [6.07, 6.45) is 4.54. The van der Waals surface area contributed by atoms with E-state index >= 15 is 0 Å². The van der Waals surface area contributed by atoms with Crippen molar-refractivity contribution in [1.29, 1.82) is 0 Å². The van der Waals surface area contributed by atoms with Gasteiger partial charge in [0.05, 0.1) is 0 Å². The van der Waals surface area contributed by atoms with Crippen LogP contribution in [0.1, 0.15) is 25.7 Å². The Bertz CT molecular complexity index is 279. The summed E-state index contributed by atoms with van der Waals surface area (Å²) in [5.74, 6) is 0. The van der Waals surface area contributed by atoms with Gasteiger partial charge in [-0.3, -0.25) is 4.57 Å². The first-order valence-electron chi connectivity index (χ1n) is 7.63. The normalized spacial score (nSPS) is 19.9. The molecule has 1 rings (SSSR count). The molecule has 0 aliphatic carbocycles. The van der Waals surface area contributed by atoms with Gasteiger partial charge in [-0.2, -0.15) is 0 Å². The van der Waals surface area contributed by atoms with Gasteiger partial charge in [-0.1, -0.05) is 0 Å². The molecule has 21 heavy (non-hydrogen) atoms. The molecule has 1 fully saturated rings. The SMILES string of the molecule is CO[Si](CCCCN1CCCC[Si]1(OC)OC)(OC)OC. The molecule has 1 aliphatic heterocycles. The molecule has 0 aromatic carbocycles. The van der Waals surface area contributed by atoms with Crippen LogP contribution < -0.4 is 0 Å². The summed E-state index contributed by atoms with van der Waals surface area (Å²) in [7, 11) is 4.01. The van der Waals surface area contributed by atoms with Crippen LogP contribution in [0.3, 0.4) is 0 Å². The van der Waals surface area contributed by atoms with Crippen molar-refractivity contribution in [3.63, 3.8) is 0 Å². The Morgan fingerprint density at radius 2 is 1.52 bits per heavy atom. The Hall–Kier alpha value is 0.194. The Kier molecular flexibility index (Phi) is 8.58. The summed E-state index contributed by atoms with van der Waals surface area (Å²) in [6.45, 7) is 2.09. The summed E-state index contributed by atoms with van der Waals surface area (Å²) in [4.78, 5) is 0. The van der Waals surface area contributed by atoms with Crippen LogP contribution in [0.2, 0.25) is 12.1 Å². The summed E-state index contributed by atoms with van der Waals surface area (Å²) in [6, 6.07) is 1.91. The molecule has 0 N–H and O–H groups in total. The lowest BCUT2D eigenvalue weighted by atomic mass is 10.3. The van der Waals surface area contributed by atoms with Crippen molar-refractivity contribution in [3.05, 3.63) is 0 Å². The van der Waals surface area contributed by atoms with Crippen LogP contribution in [0, 0.1) is 0 Å². The maximum atomic E-state index is 5.78. The van der Waals surface area contributed by atoms with Crippen molar-refractivity contribution >= 4 is 17.5 Å². The molecular weight excluding hydrogens is 306 g/mol. The van der Waals surface area contributed by atoms with Crippen LogP contribution in [0.5, 0.6) is 0 Å². The first kappa shape index (κ1) is 19.2. The Morgan fingerprint density at radius 1 is 0.905 bits per heavy atom. The second kappa shape index (κ2) is 9.36. The Morgan fingerprint density at radius 3 is 2.05 bits per heavy atom. The van der Waals surface area contributed by atoms with E-state index in [9.17, 15) is 0 Å². The van der Waals surface area contributed by atoms with Crippen LogP contribution >= 0.6 is 0 Å². The molecular formula is C13H31NO5Si2. The predicted molar refractivity (Wildman–Crippen MR) is 86.2 cm³/mol. The molecule has 1 saturated heterocycles. The fourth-order valence-corrected chi connectivity index (χ4v) is 7.90. The van der Waals surface area contributed by atoms with E-state index in [1.807, 2.05) is 0 Å². The number of rotatable bonds is 10. The lowest BCUT2D eigenvalue weighted by Gasteiger charge is -2.41. The first-order chi connectivity index (χ1) is 10.1. The van der Waals surface area contributed by atoms with Gasteiger partial charge < -0.3 is 22.1 Å². The average molecular weight is 338 g/mol. The topological polar surface area (TPSA) is 49.4 Å². The van der Waals surface area contributed by atoms with Gasteiger partial charge >= 0.3 is 17.5 Å². The molecule has 0 amide bonds. The monoisotopic (exact) mass is 337 g/mol. The van der Waals surface area contributed by atoms with E-state index in [-0.39, 0.29) is 0 Å². The molecule has 0 aromatic heterocycles. The molecule has 0 spiro atoms. The molecule has 0 saturated carbocycles. The third-order valence-corrected chi connectivity index (χ3v) is 10.9. The van der Waals surface area contributed by atoms with E-state index in [0.717, 1.165) is 38.0 Å². The smallest absolute Gasteiger partial charge is 0.386 e. The quantitative estimate of drug-likeness (QED) is 0.449. The summed E-state index contributed by atoms with van der Waals surface area (Å²) < 4.78 is 30.4. The number of hydrogen-bond acceptors (Lipinski definition) is 6. The van der Waals surface area contributed by atoms with E-state index in [2.05, 4.69) is 4.57 Å². The maximum absolute atomic E-state index is 5.78. The minimum absolute atomic E-state index is 0.846. The van der Waals surface area contributed by atoms with Crippen LogP contribution in [-0.4, -0.2) is 70.7 Å². The van der Waals surface area contributed by atoms with Gasteiger partial charge in [0.1, 0.15) is 0 Å². The van der Waals surface area contributed by atoms with E-state index in [1.165, 1.54) is 12.8 Å². The minimum atomic E-state index is -2.43. The Balaban J connectivity index is 2.43. The van der Waals surface area contributed by atoms with E-state index in [0.29, 0.717) is 0 Å². The number of nitrogens with zero attached hydrogens (tertiary/aromatic N) is 1. The highest BCUT2D eigenvalue weighted by Gasteiger charge is 2.45. The van der Waals surface area contributed by atoms with Crippen molar-refractivity contribution < 1.29 is 22.1 Å². The highest BCUT2D eigenvalue weighted by Crippen LogP contribution is 2.27. The van der Waals surface area contributed by atoms with Gasteiger partial charge in [0.2, 0.25) is 0 Å². The van der Waals surface area contributed by atoms with Crippen LogP contribution in [0.4, 0.5) is 0 Å². The molecule has 1 heterocycles. The molecule has 0 aromatic rings. The number of hydrogen-bond donors (Lipinski definition) is 0. The molecule has 8 heteroatoms. The van der Waals surface area contributed by atoms with Gasteiger partial charge in [0, 0.05) is 47.6 Å². The lowest BCUT2D eigenvalue weighted by Crippen LogP contribution is -2.60. The zero-order chi connectivity index (χ0) is 15.8. The van der Waals surface area contributed by atoms with Gasteiger partial charge in [-0.15, -0.1) is 0 Å². The average Bonchev–Trinajstić information content (AvgIpc) is 2.56. The molecule has 0 atom stereocenters. The Labute approximate surface area is 131 Å². The fraction of sp³-hybridized carbons (Fsp3) is 1.00. The van der Waals surface area contributed by atoms with Crippen LogP contribution in [0.25, 0.3) is 0 Å². The van der Waals surface area contributed by atoms with E-state index in [4.69, 9.17) is 22.1 Å². The zero-order valence-corrected chi connectivity index (χ0v) is 16.1. The maximum Gasteiger partial charge on any atom is 0.500 e. The molecule has 0 unspecified atom stereocenters. The van der Waals surface area contributed by atoms with Crippen LogP contribution in [-0.2, 0) is 22.1 Å². The fourth-order valence-electron chi connectivity index (χ4n) is 3.01. The third-order valence-electron chi connectivity index (χ3n) is 4.38. The molecule has 0 bridgehead atoms. The van der Waals surface area contributed by atoms with Gasteiger partial charge in [-0.05, 0) is 38.8 Å². The van der Waals surface area contributed by atoms with E-state index < -0.39 is 17.5 Å². The summed E-state index contributed by atoms with van der Waals surface area (Å²) >= 11 is 0. The molecule has 126 valence electrons. The standard InChI is InChI=1S/C13H31NO5Si2/c1-15-20(16-2)12-8-6-10-14(20)11-7-9-13-21(17-3,18-4)19-5/h6-13H2,1-5H3. The second-order valence-corrected chi connectivity index (χ2v) is 11.8. The van der Waals surface area contributed by atoms with Crippen LogP contribution in [0.15, 0.2) is 0 Å². The second-order valence-electron chi connectivity index (χ2n) is 5.32. The molecule has 1 aliphatic rings. The predicted octanol–water partition coefficient (Wildman–Crippen LogP) is 1.97. The van der Waals surface area contributed by atoms with Crippen molar-refractivity contribution in [3.8, 4) is 0 Å². The first-order valence-corrected chi connectivity index (χ1v) is 11.5. The van der Waals surface area contributed by atoms with E-state index in [1.54, 1.807) is 35.5 Å². The minimum Gasteiger partial charge on any atom is -0.386 e. The highest BCUT2D eigenvalue weighted by atomic mass is 28.4. The lowest BCUT2D eigenvalue weighted by molar-refractivity contribution is 0.121. The van der Waals surface area contributed by atoms with Crippen molar-refractivity contribution in [2.24, 2.45) is 0 Å².